The van der Waals surface area contributed by atoms with Crippen molar-refractivity contribution in [3.8, 4) is 0 Å². The minimum atomic E-state index is -0.369. The number of aromatic nitrogens is 3. The van der Waals surface area contributed by atoms with Crippen molar-refractivity contribution >= 4 is 11.6 Å². The van der Waals surface area contributed by atoms with Crippen molar-refractivity contribution < 1.29 is 9.53 Å². The van der Waals surface area contributed by atoms with Crippen LogP contribution >= 0.6 is 0 Å². The summed E-state index contributed by atoms with van der Waals surface area (Å²) in [5.41, 5.74) is 1.21. The minimum absolute atomic E-state index is 0.369. The van der Waals surface area contributed by atoms with Crippen LogP contribution in [0.5, 0.6) is 0 Å². The van der Waals surface area contributed by atoms with E-state index in [1.54, 1.807) is 22.8 Å². The van der Waals surface area contributed by atoms with Gasteiger partial charge in [0.1, 0.15) is 0 Å². The molecule has 3 rings (SSSR count). The molecule has 1 aliphatic carbocycles. The van der Waals surface area contributed by atoms with Crippen LogP contribution in [0.1, 0.15) is 35.4 Å². The molecule has 0 aliphatic heterocycles. The van der Waals surface area contributed by atoms with Gasteiger partial charge in [0.25, 0.3) is 0 Å². The van der Waals surface area contributed by atoms with E-state index < -0.39 is 0 Å². The average Bonchev–Trinajstić information content (AvgIpc) is 2.77. The summed E-state index contributed by atoms with van der Waals surface area (Å²) in [5.74, 6) is 0.375. The number of rotatable bonds is 4. The summed E-state index contributed by atoms with van der Waals surface area (Å²) < 4.78 is 6.30. The zero-order valence-corrected chi connectivity index (χ0v) is 10.8. The Morgan fingerprint density at radius 2 is 2.37 bits per heavy atom. The predicted molar refractivity (Wildman–Crippen MR) is 68.8 cm³/mol. The summed E-state index contributed by atoms with van der Waals surface area (Å²) in [6.45, 7) is 0.667. The number of hydrogen-bond donors (Lipinski definition) is 1. The molecule has 1 saturated carbocycles. The third-order valence-corrected chi connectivity index (χ3v) is 3.45. The van der Waals surface area contributed by atoms with Crippen molar-refractivity contribution in [3.63, 3.8) is 0 Å². The van der Waals surface area contributed by atoms with Crippen LogP contribution in [0.2, 0.25) is 0 Å². The highest BCUT2D eigenvalue weighted by molar-refractivity contribution is 5.89. The smallest absolute Gasteiger partial charge is 0.339 e. The number of nitrogens with zero attached hydrogens (tertiary/aromatic N) is 3. The first-order chi connectivity index (χ1) is 9.26. The Hall–Kier alpha value is -1.95. The molecule has 0 bridgehead atoms. The van der Waals surface area contributed by atoms with Crippen LogP contribution in [0.15, 0.2) is 18.3 Å². The van der Waals surface area contributed by atoms with Crippen LogP contribution < -0.4 is 5.32 Å². The van der Waals surface area contributed by atoms with Crippen molar-refractivity contribution in [1.82, 2.24) is 19.9 Å². The molecular formula is C13H16N4O2. The molecule has 6 heteroatoms. The average molecular weight is 260 g/mol. The lowest BCUT2D eigenvalue weighted by molar-refractivity contribution is 0.0600. The highest BCUT2D eigenvalue weighted by atomic mass is 16.5. The van der Waals surface area contributed by atoms with Gasteiger partial charge in [-0.1, -0.05) is 6.42 Å². The summed E-state index contributed by atoms with van der Waals surface area (Å²) in [6, 6.07) is 4.07. The maximum absolute atomic E-state index is 11.4. The van der Waals surface area contributed by atoms with Crippen LogP contribution in [-0.2, 0) is 11.3 Å². The first-order valence-electron chi connectivity index (χ1n) is 6.43. The van der Waals surface area contributed by atoms with Crippen molar-refractivity contribution in [2.75, 3.05) is 7.11 Å². The topological polar surface area (TPSA) is 68.5 Å². The molecule has 0 aromatic carbocycles. The van der Waals surface area contributed by atoms with E-state index in [-0.39, 0.29) is 5.97 Å². The lowest BCUT2D eigenvalue weighted by Crippen LogP contribution is -2.34. The first kappa shape index (κ1) is 12.1. The predicted octanol–water partition coefficient (Wildman–Crippen LogP) is 1.16. The van der Waals surface area contributed by atoms with Gasteiger partial charge in [-0.2, -0.15) is 0 Å². The summed E-state index contributed by atoms with van der Waals surface area (Å²) in [7, 11) is 1.36. The molecule has 2 heterocycles. The lowest BCUT2D eigenvalue weighted by atomic mass is 9.93. The Kier molecular flexibility index (Phi) is 3.16. The van der Waals surface area contributed by atoms with Gasteiger partial charge in [-0.3, -0.25) is 0 Å². The number of hydrogen-bond acceptors (Lipinski definition) is 5. The molecule has 2 aromatic heterocycles. The maximum atomic E-state index is 11.4. The Bertz CT molecular complexity index is 604. The van der Waals surface area contributed by atoms with Crippen LogP contribution in [0.4, 0.5) is 0 Å². The summed E-state index contributed by atoms with van der Waals surface area (Å²) in [4.78, 5) is 15.8. The van der Waals surface area contributed by atoms with E-state index in [9.17, 15) is 4.79 Å². The van der Waals surface area contributed by atoms with Crippen molar-refractivity contribution in [2.45, 2.75) is 31.8 Å². The number of carbonyl (C=O) groups is 1. The molecule has 0 radical (unpaired) electrons. The van der Waals surface area contributed by atoms with E-state index in [0.717, 1.165) is 11.5 Å². The highest BCUT2D eigenvalue weighted by Crippen LogP contribution is 2.18. The van der Waals surface area contributed by atoms with Gasteiger partial charge < -0.3 is 10.1 Å². The fraction of sp³-hybridized carbons (Fsp3) is 0.462. The normalized spacial score (nSPS) is 15.4. The fourth-order valence-corrected chi connectivity index (χ4v) is 2.09. The number of pyridine rings is 1. The number of ether oxygens (including phenoxy) is 1. The maximum Gasteiger partial charge on any atom is 0.339 e. The third-order valence-electron chi connectivity index (χ3n) is 3.45. The second-order valence-corrected chi connectivity index (χ2v) is 4.75. The second-order valence-electron chi connectivity index (χ2n) is 4.75. The molecule has 1 fully saturated rings. The molecule has 100 valence electrons. The van der Waals surface area contributed by atoms with Gasteiger partial charge in [0.15, 0.2) is 11.5 Å². The number of nitrogens with one attached hydrogen (secondary N) is 1. The number of esters is 1. The SMILES string of the molecule is COC(=O)c1ccc2nc(CNC3CCC3)nn2c1. The molecule has 1 aliphatic rings. The number of carbonyl (C=O) groups excluding carboxylic acids is 1. The lowest BCUT2D eigenvalue weighted by Gasteiger charge is -2.25. The molecule has 0 atom stereocenters. The molecule has 0 amide bonds. The van der Waals surface area contributed by atoms with Crippen molar-refractivity contribution in [3.05, 3.63) is 29.7 Å². The summed E-state index contributed by atoms with van der Waals surface area (Å²) in [5, 5.41) is 7.77. The highest BCUT2D eigenvalue weighted by Gasteiger charge is 2.17. The van der Waals surface area contributed by atoms with Gasteiger partial charge in [0, 0.05) is 12.2 Å². The van der Waals surface area contributed by atoms with Crippen molar-refractivity contribution in [2.24, 2.45) is 0 Å². The fourth-order valence-electron chi connectivity index (χ4n) is 2.09. The van der Waals surface area contributed by atoms with Crippen LogP contribution in [-0.4, -0.2) is 33.7 Å². The van der Waals surface area contributed by atoms with Crippen LogP contribution in [0.3, 0.4) is 0 Å². The van der Waals surface area contributed by atoms with Gasteiger partial charge in [0.05, 0.1) is 19.2 Å². The van der Waals surface area contributed by atoms with Gasteiger partial charge in [-0.15, -0.1) is 5.10 Å². The van der Waals surface area contributed by atoms with Crippen LogP contribution in [0.25, 0.3) is 5.65 Å². The zero-order chi connectivity index (χ0) is 13.2. The molecule has 1 N–H and O–H groups in total. The van der Waals surface area contributed by atoms with E-state index in [4.69, 9.17) is 0 Å². The van der Waals surface area contributed by atoms with E-state index in [2.05, 4.69) is 20.1 Å². The Labute approximate surface area is 110 Å². The quantitative estimate of drug-likeness (QED) is 0.835. The standard InChI is InChI=1S/C13H16N4O2/c1-19-13(18)9-5-6-12-15-11(16-17(12)8-9)7-14-10-3-2-4-10/h5-6,8,10,14H,2-4,7H2,1H3. The minimum Gasteiger partial charge on any atom is -0.465 e. The molecular weight excluding hydrogens is 244 g/mol. The Morgan fingerprint density at radius 1 is 1.53 bits per heavy atom. The van der Waals surface area contributed by atoms with E-state index in [1.165, 1.54) is 26.4 Å². The van der Waals surface area contributed by atoms with E-state index in [1.807, 2.05) is 0 Å². The Balaban J connectivity index is 1.77. The molecule has 0 spiro atoms. The van der Waals surface area contributed by atoms with Crippen molar-refractivity contribution in [1.29, 1.82) is 0 Å². The second kappa shape index (κ2) is 4.97. The van der Waals surface area contributed by atoms with Crippen LogP contribution in [0, 0.1) is 0 Å². The van der Waals surface area contributed by atoms with Gasteiger partial charge in [0.2, 0.25) is 0 Å². The summed E-state index contributed by atoms with van der Waals surface area (Å²) >= 11 is 0. The molecule has 2 aromatic rings. The van der Waals surface area contributed by atoms with E-state index >= 15 is 0 Å². The largest absolute Gasteiger partial charge is 0.465 e. The zero-order valence-electron chi connectivity index (χ0n) is 10.8. The molecule has 19 heavy (non-hydrogen) atoms. The molecule has 0 saturated heterocycles. The summed E-state index contributed by atoms with van der Waals surface area (Å²) in [6.07, 6.45) is 5.42. The number of methoxy groups -OCH3 is 1. The molecule has 0 unspecified atom stereocenters. The monoisotopic (exact) mass is 260 g/mol. The van der Waals surface area contributed by atoms with E-state index in [0.29, 0.717) is 18.2 Å². The molecule has 6 nitrogen and oxygen atoms in total. The Morgan fingerprint density at radius 3 is 3.05 bits per heavy atom. The number of fused-ring (bicyclic) bond motifs is 1. The van der Waals surface area contributed by atoms with Gasteiger partial charge in [-0.05, 0) is 25.0 Å². The third kappa shape index (κ3) is 2.44. The van der Waals surface area contributed by atoms with Gasteiger partial charge in [-0.25, -0.2) is 14.3 Å². The first-order valence-corrected chi connectivity index (χ1v) is 6.43. The van der Waals surface area contributed by atoms with Gasteiger partial charge >= 0.3 is 5.97 Å².